The van der Waals surface area contributed by atoms with Gasteiger partial charge in [0, 0.05) is 22.9 Å². The van der Waals surface area contributed by atoms with Gasteiger partial charge in [0.15, 0.2) is 0 Å². The number of aliphatic imine (C=N–C) groups is 1. The van der Waals surface area contributed by atoms with Gasteiger partial charge in [0.05, 0.1) is 5.69 Å². The summed E-state index contributed by atoms with van der Waals surface area (Å²) in [5.74, 6) is -0.404. The van der Waals surface area contributed by atoms with E-state index in [4.69, 9.17) is 11.6 Å². The molecule has 0 amide bonds. The molecule has 0 bridgehead atoms. The van der Waals surface area contributed by atoms with Gasteiger partial charge in [0.25, 0.3) is 0 Å². The number of phenols is 1. The van der Waals surface area contributed by atoms with Crippen molar-refractivity contribution >= 4 is 23.5 Å². The molecule has 21 heavy (non-hydrogen) atoms. The first-order valence-electron chi connectivity index (χ1n) is 5.72. The number of alkyl halides is 3. The minimum atomic E-state index is -4.76. The van der Waals surface area contributed by atoms with Crippen LogP contribution in [0.5, 0.6) is 11.5 Å². The Hall–Kier alpha value is -2.21. The summed E-state index contributed by atoms with van der Waals surface area (Å²) < 4.78 is 40.1. The molecule has 0 heterocycles. The Labute approximate surface area is 123 Å². The summed E-state index contributed by atoms with van der Waals surface area (Å²) in [5, 5.41) is 10.0. The number of hydrogen-bond acceptors (Lipinski definition) is 3. The molecule has 2 rings (SSSR count). The maximum Gasteiger partial charge on any atom is 0.573 e. The van der Waals surface area contributed by atoms with Crippen LogP contribution < -0.4 is 4.74 Å². The number of nitrogens with zero attached hydrogens (tertiary/aromatic N) is 1. The van der Waals surface area contributed by atoms with Crippen molar-refractivity contribution in [2.75, 3.05) is 0 Å². The molecule has 0 spiro atoms. The predicted molar refractivity (Wildman–Crippen MR) is 73.5 cm³/mol. The van der Waals surface area contributed by atoms with Crippen LogP contribution in [0.4, 0.5) is 18.9 Å². The van der Waals surface area contributed by atoms with Crippen molar-refractivity contribution in [3.63, 3.8) is 0 Å². The molecule has 0 saturated carbocycles. The molecule has 7 heteroatoms. The topological polar surface area (TPSA) is 41.8 Å². The zero-order valence-corrected chi connectivity index (χ0v) is 11.2. The Balaban J connectivity index is 2.21. The maximum atomic E-state index is 12.1. The number of rotatable bonds is 3. The van der Waals surface area contributed by atoms with E-state index in [-0.39, 0.29) is 17.2 Å². The minimum Gasteiger partial charge on any atom is -0.507 e. The molecule has 0 radical (unpaired) electrons. The van der Waals surface area contributed by atoms with Gasteiger partial charge in [-0.15, -0.1) is 13.2 Å². The van der Waals surface area contributed by atoms with Crippen molar-refractivity contribution in [1.29, 1.82) is 0 Å². The highest BCUT2D eigenvalue weighted by molar-refractivity contribution is 6.30. The molecular weight excluding hydrogens is 307 g/mol. The second kappa shape index (κ2) is 6.05. The van der Waals surface area contributed by atoms with Crippen LogP contribution in [-0.2, 0) is 0 Å². The van der Waals surface area contributed by atoms with Crippen LogP contribution in [-0.4, -0.2) is 17.7 Å². The van der Waals surface area contributed by atoms with E-state index in [0.29, 0.717) is 10.6 Å². The second-order valence-corrected chi connectivity index (χ2v) is 4.44. The fourth-order valence-corrected chi connectivity index (χ4v) is 1.71. The molecule has 2 aromatic rings. The third-order valence-corrected chi connectivity index (χ3v) is 2.63. The monoisotopic (exact) mass is 315 g/mol. The van der Waals surface area contributed by atoms with Gasteiger partial charge in [0.2, 0.25) is 0 Å². The van der Waals surface area contributed by atoms with E-state index in [1.165, 1.54) is 42.6 Å². The van der Waals surface area contributed by atoms with E-state index in [2.05, 4.69) is 9.73 Å². The van der Waals surface area contributed by atoms with Crippen LogP contribution in [0, 0.1) is 0 Å². The predicted octanol–water partition coefficient (Wildman–Crippen LogP) is 4.69. The molecule has 0 aliphatic carbocycles. The fourth-order valence-electron chi connectivity index (χ4n) is 1.53. The molecule has 0 saturated heterocycles. The molecule has 2 aromatic carbocycles. The van der Waals surface area contributed by atoms with Crippen LogP contribution in [0.15, 0.2) is 47.5 Å². The minimum absolute atomic E-state index is 0.0363. The van der Waals surface area contributed by atoms with Gasteiger partial charge in [0.1, 0.15) is 11.5 Å². The van der Waals surface area contributed by atoms with E-state index in [0.717, 1.165) is 6.07 Å². The smallest absolute Gasteiger partial charge is 0.507 e. The largest absolute Gasteiger partial charge is 0.573 e. The maximum absolute atomic E-state index is 12.1. The number of phenolic OH excluding ortho intramolecular Hbond substituents is 1. The van der Waals surface area contributed by atoms with Crippen molar-refractivity contribution in [2.45, 2.75) is 6.36 Å². The van der Waals surface area contributed by atoms with Gasteiger partial charge < -0.3 is 9.84 Å². The Kier molecular flexibility index (Phi) is 4.37. The number of aromatic hydroxyl groups is 1. The lowest BCUT2D eigenvalue weighted by Crippen LogP contribution is -2.16. The molecule has 0 aliphatic rings. The first kappa shape index (κ1) is 15.2. The van der Waals surface area contributed by atoms with Gasteiger partial charge in [-0.25, -0.2) is 0 Å². The van der Waals surface area contributed by atoms with Crippen LogP contribution in [0.2, 0.25) is 5.02 Å². The van der Waals surface area contributed by atoms with Gasteiger partial charge in [-0.05, 0) is 30.3 Å². The van der Waals surface area contributed by atoms with Crippen molar-refractivity contribution in [3.8, 4) is 11.5 Å². The Morgan fingerprint density at radius 1 is 1.14 bits per heavy atom. The second-order valence-electron chi connectivity index (χ2n) is 4.01. The van der Waals surface area contributed by atoms with Crippen molar-refractivity contribution in [3.05, 3.63) is 53.1 Å². The summed E-state index contributed by atoms with van der Waals surface area (Å²) in [6.07, 6.45) is -3.46. The number of halogens is 4. The average molecular weight is 316 g/mol. The first-order valence-corrected chi connectivity index (χ1v) is 6.10. The summed E-state index contributed by atoms with van der Waals surface area (Å²) in [7, 11) is 0. The third-order valence-electron chi connectivity index (χ3n) is 2.39. The van der Waals surface area contributed by atoms with Gasteiger partial charge in [-0.1, -0.05) is 17.7 Å². The summed E-state index contributed by atoms with van der Waals surface area (Å²) in [4.78, 5) is 3.98. The molecule has 0 unspecified atom stereocenters. The van der Waals surface area contributed by atoms with Crippen molar-refractivity contribution in [2.24, 2.45) is 4.99 Å². The Morgan fingerprint density at radius 2 is 1.90 bits per heavy atom. The molecule has 0 atom stereocenters. The summed E-state index contributed by atoms with van der Waals surface area (Å²) in [6, 6.07) is 9.57. The summed E-state index contributed by atoms with van der Waals surface area (Å²) in [5.41, 5.74) is 0.598. The molecule has 0 aromatic heterocycles. The zero-order valence-electron chi connectivity index (χ0n) is 10.4. The zero-order chi connectivity index (χ0) is 15.5. The number of benzene rings is 2. The number of hydrogen-bond donors (Lipinski definition) is 1. The van der Waals surface area contributed by atoms with Gasteiger partial charge in [-0.3, -0.25) is 4.99 Å². The Bertz CT molecular complexity index is 672. The van der Waals surface area contributed by atoms with E-state index in [1.807, 2.05) is 0 Å². The average Bonchev–Trinajstić information content (AvgIpc) is 2.38. The summed E-state index contributed by atoms with van der Waals surface area (Å²) >= 11 is 5.78. The fraction of sp³-hybridized carbons (Fsp3) is 0.0714. The molecule has 110 valence electrons. The van der Waals surface area contributed by atoms with Crippen LogP contribution >= 0.6 is 11.6 Å². The standard InChI is InChI=1S/C14H9ClF3NO2/c15-10-4-5-13(20)9(6-10)8-19-11-2-1-3-12(7-11)21-14(16,17)18/h1-8,20H. The SMILES string of the molecule is Oc1ccc(Cl)cc1C=Nc1cccc(OC(F)(F)F)c1. The molecule has 3 nitrogen and oxygen atoms in total. The molecular formula is C14H9ClF3NO2. The lowest BCUT2D eigenvalue weighted by atomic mass is 10.2. The van der Waals surface area contributed by atoms with Crippen molar-refractivity contribution < 1.29 is 23.0 Å². The van der Waals surface area contributed by atoms with E-state index in [1.54, 1.807) is 0 Å². The first-order chi connectivity index (χ1) is 9.83. The molecule has 0 aliphatic heterocycles. The van der Waals surface area contributed by atoms with E-state index in [9.17, 15) is 18.3 Å². The lowest BCUT2D eigenvalue weighted by molar-refractivity contribution is -0.274. The highest BCUT2D eigenvalue weighted by Gasteiger charge is 2.31. The van der Waals surface area contributed by atoms with Crippen LogP contribution in [0.3, 0.4) is 0 Å². The molecule has 1 N–H and O–H groups in total. The summed E-state index contributed by atoms with van der Waals surface area (Å²) in [6.45, 7) is 0. The third kappa shape index (κ3) is 4.68. The Morgan fingerprint density at radius 3 is 2.62 bits per heavy atom. The highest BCUT2D eigenvalue weighted by Crippen LogP contribution is 2.27. The van der Waals surface area contributed by atoms with Crippen LogP contribution in [0.1, 0.15) is 5.56 Å². The van der Waals surface area contributed by atoms with Gasteiger partial charge >= 0.3 is 6.36 Å². The van der Waals surface area contributed by atoms with E-state index >= 15 is 0 Å². The normalized spacial score (nSPS) is 11.8. The van der Waals surface area contributed by atoms with Gasteiger partial charge in [-0.2, -0.15) is 0 Å². The quantitative estimate of drug-likeness (QED) is 0.834. The molecule has 0 fully saturated rings. The van der Waals surface area contributed by atoms with Crippen molar-refractivity contribution in [1.82, 2.24) is 0 Å². The number of ether oxygens (including phenoxy) is 1. The van der Waals surface area contributed by atoms with E-state index < -0.39 is 6.36 Å². The highest BCUT2D eigenvalue weighted by atomic mass is 35.5. The van der Waals surface area contributed by atoms with Crippen LogP contribution in [0.25, 0.3) is 0 Å². The lowest BCUT2D eigenvalue weighted by Gasteiger charge is -2.08.